The molecule has 0 aromatic rings. The van der Waals surface area contributed by atoms with E-state index in [0.29, 0.717) is 0 Å². The molecule has 0 heterocycles. The Kier molecular flexibility index (Phi) is 5.45. The molecule has 0 N–H and O–H groups in total. The Hall–Kier alpha value is 4.31. The van der Waals surface area contributed by atoms with E-state index >= 15 is 0 Å². The zero-order valence-corrected chi connectivity index (χ0v) is 22.4. The van der Waals surface area contributed by atoms with E-state index in [1.54, 1.807) is 0 Å². The monoisotopic (exact) mass is 661 g/mol. The molecule has 0 aromatic heterocycles. The predicted octanol–water partition coefficient (Wildman–Crippen LogP) is 8.17. The van der Waals surface area contributed by atoms with E-state index in [4.69, 9.17) is 174 Å². The van der Waals surface area contributed by atoms with E-state index in [9.17, 15) is 5.11 Å². The van der Waals surface area contributed by atoms with Crippen LogP contribution < -0.4 is 0 Å². The summed E-state index contributed by atoms with van der Waals surface area (Å²) >= 11 is 95.9. The van der Waals surface area contributed by atoms with Crippen molar-refractivity contribution in [3.63, 3.8) is 0 Å². The van der Waals surface area contributed by atoms with Crippen molar-refractivity contribution in [1.82, 2.24) is 0 Å². The SMILES string of the molecule is [O]C12C(Cl)(Cl)C3(Cl)C(Cl)(Cl)C(Cl)(C1(Cl)Cl)C(Cl)(Cl)C(Cl)(C2(Cl)Cl)C3(Cl)Cl. The van der Waals surface area contributed by atoms with Gasteiger partial charge in [-0.05, 0) is 0 Å². The van der Waals surface area contributed by atoms with Gasteiger partial charge in [-0.2, -0.15) is 0 Å². The number of halogens is 15. The van der Waals surface area contributed by atoms with Crippen LogP contribution in [-0.2, 0) is 5.11 Å². The maximum Gasteiger partial charge on any atom is 0.207 e. The molecule has 1 nitrogen and oxygen atoms in total. The van der Waals surface area contributed by atoms with E-state index in [1.165, 1.54) is 0 Å². The normalized spacial score (nSPS) is 53.5. The first-order valence-corrected chi connectivity index (χ1v) is 11.7. The van der Waals surface area contributed by atoms with Gasteiger partial charge in [0.2, 0.25) is 5.60 Å². The third-order valence-electron chi connectivity index (χ3n) is 5.22. The summed E-state index contributed by atoms with van der Waals surface area (Å²) in [6, 6.07) is 0. The summed E-state index contributed by atoms with van der Waals surface area (Å²) in [6.07, 6.45) is 0. The first kappa shape index (κ1) is 24.9. The Morgan fingerprint density at radius 3 is 0.615 bits per heavy atom. The second kappa shape index (κ2) is 5.68. The Morgan fingerprint density at radius 1 is 0.308 bits per heavy atom. The molecule has 26 heavy (non-hydrogen) atoms. The minimum Gasteiger partial charge on any atom is -0.219 e. The van der Waals surface area contributed by atoms with Crippen molar-refractivity contribution in [2.24, 2.45) is 0 Å². The fraction of sp³-hybridized carbons (Fsp3) is 1.00. The molecule has 0 amide bonds. The highest BCUT2D eigenvalue weighted by Crippen LogP contribution is 2.93. The van der Waals surface area contributed by atoms with Gasteiger partial charge in [0.25, 0.3) is 0 Å². The molecule has 0 unspecified atom stereocenters. The van der Waals surface area contributed by atoms with Crippen LogP contribution in [0.2, 0.25) is 0 Å². The van der Waals surface area contributed by atoms with Crippen LogP contribution in [0, 0.1) is 0 Å². The summed E-state index contributed by atoms with van der Waals surface area (Å²) in [5.41, 5.74) is -3.32. The first-order chi connectivity index (χ1) is 11.0. The molecule has 0 atom stereocenters. The zero-order valence-electron chi connectivity index (χ0n) is 11.1. The minimum absolute atomic E-state index is 2.75. The van der Waals surface area contributed by atoms with E-state index in [-0.39, 0.29) is 0 Å². The van der Waals surface area contributed by atoms with E-state index in [1.807, 2.05) is 0 Å². The van der Waals surface area contributed by atoms with Crippen LogP contribution in [-0.4, -0.2) is 46.2 Å². The van der Waals surface area contributed by atoms with Crippen molar-refractivity contribution in [2.75, 3.05) is 0 Å². The van der Waals surface area contributed by atoms with Gasteiger partial charge in [-0.3, -0.25) is 0 Å². The van der Waals surface area contributed by atoms with Crippen molar-refractivity contribution >= 4 is 174 Å². The molecule has 4 saturated carbocycles. The fourth-order valence-electron chi connectivity index (χ4n) is 3.81. The average molecular weight is 668 g/mol. The molecular formula is C10Cl15O. The van der Waals surface area contributed by atoms with Crippen LogP contribution in [0.1, 0.15) is 0 Å². The highest BCUT2D eigenvalue weighted by molar-refractivity contribution is 6.81. The second-order valence-corrected chi connectivity index (χ2v) is 15.8. The lowest BCUT2D eigenvalue weighted by molar-refractivity contribution is -0.171. The van der Waals surface area contributed by atoms with Crippen molar-refractivity contribution in [2.45, 2.75) is 46.2 Å². The highest BCUT2D eigenvalue weighted by atomic mass is 35.6. The molecule has 0 aromatic carbocycles. The summed E-state index contributed by atoms with van der Waals surface area (Å²) < 4.78 is -17.1. The van der Waals surface area contributed by atoms with Gasteiger partial charge in [-0.15, -0.1) is 34.8 Å². The molecule has 4 bridgehead atoms. The lowest BCUT2D eigenvalue weighted by Gasteiger charge is -2.83. The standard InChI is InChI=1S/C10Cl15O/c11-1-5(14,15)2(12)7(18,19)3(13,6(1,16)17)10(24,25)4(26,8(1,20)21)9(2,22)23. The molecule has 16 heteroatoms. The van der Waals surface area contributed by atoms with Gasteiger partial charge in [-0.1, -0.05) is 139 Å². The lowest BCUT2D eigenvalue weighted by Crippen LogP contribution is -3.06. The average Bonchev–Trinajstić information content (AvgIpc) is 2.46. The highest BCUT2D eigenvalue weighted by Gasteiger charge is 3.11. The number of rotatable bonds is 0. The molecule has 4 aliphatic rings. The number of hydrogen-bond acceptors (Lipinski definition) is 0. The molecule has 0 aliphatic heterocycles. The van der Waals surface area contributed by atoms with Crippen molar-refractivity contribution in [3.8, 4) is 0 Å². The van der Waals surface area contributed by atoms with Crippen LogP contribution in [0.5, 0.6) is 0 Å². The van der Waals surface area contributed by atoms with Crippen LogP contribution in [0.4, 0.5) is 0 Å². The molecule has 1 radical (unpaired) electrons. The topological polar surface area (TPSA) is 19.9 Å². The van der Waals surface area contributed by atoms with Crippen molar-refractivity contribution in [1.29, 1.82) is 0 Å². The zero-order chi connectivity index (χ0) is 21.0. The maximum absolute atomic E-state index is 14.0. The van der Waals surface area contributed by atoms with E-state index in [2.05, 4.69) is 0 Å². The number of alkyl halides is 15. The van der Waals surface area contributed by atoms with Crippen molar-refractivity contribution in [3.05, 3.63) is 0 Å². The summed E-state index contributed by atoms with van der Waals surface area (Å²) in [5, 5.41) is 14.0. The number of hydrogen-bond donors (Lipinski definition) is 0. The summed E-state index contributed by atoms with van der Waals surface area (Å²) in [7, 11) is 0. The Labute approximate surface area is 222 Å². The molecule has 4 aliphatic carbocycles. The molecule has 151 valence electrons. The quantitative estimate of drug-likeness (QED) is 0.233. The molecular weight excluding hydrogens is 668 g/mol. The summed E-state index contributed by atoms with van der Waals surface area (Å²) in [5.74, 6) is 0. The van der Waals surface area contributed by atoms with Crippen LogP contribution in [0.3, 0.4) is 0 Å². The van der Waals surface area contributed by atoms with E-state index < -0.39 is 46.2 Å². The predicted molar refractivity (Wildman–Crippen MR) is 116 cm³/mol. The minimum atomic E-state index is -3.32. The fourth-order valence-corrected chi connectivity index (χ4v) is 14.3. The van der Waals surface area contributed by atoms with Gasteiger partial charge in [0.1, 0.15) is 0 Å². The Morgan fingerprint density at radius 2 is 0.462 bits per heavy atom. The van der Waals surface area contributed by atoms with Gasteiger partial charge >= 0.3 is 0 Å². The molecule has 4 rings (SSSR count). The molecule has 0 saturated heterocycles. The maximum atomic E-state index is 14.0. The Balaban J connectivity index is 2.71. The molecule has 4 fully saturated rings. The van der Waals surface area contributed by atoms with Gasteiger partial charge in [0.15, 0.2) is 40.6 Å². The summed E-state index contributed by atoms with van der Waals surface area (Å²) in [4.78, 5) is -8.33. The first-order valence-electron chi connectivity index (χ1n) is 6.04. The Bertz CT molecular complexity index is 512. The van der Waals surface area contributed by atoms with Crippen LogP contribution >= 0.6 is 174 Å². The van der Waals surface area contributed by atoms with Crippen molar-refractivity contribution < 1.29 is 5.11 Å². The smallest absolute Gasteiger partial charge is 0.207 e. The molecule has 0 spiro atoms. The third kappa shape index (κ3) is 1.67. The van der Waals surface area contributed by atoms with Gasteiger partial charge in [0, 0.05) is 0 Å². The lowest BCUT2D eigenvalue weighted by atomic mass is 9.49. The van der Waals surface area contributed by atoms with Gasteiger partial charge in [-0.25, -0.2) is 5.11 Å². The van der Waals surface area contributed by atoms with Gasteiger partial charge in [0.05, 0.1) is 0 Å². The third-order valence-corrected chi connectivity index (χ3v) is 16.2. The van der Waals surface area contributed by atoms with E-state index in [0.717, 1.165) is 0 Å². The van der Waals surface area contributed by atoms with Crippen LogP contribution in [0.15, 0.2) is 0 Å². The second-order valence-electron chi connectivity index (χ2n) is 6.10. The van der Waals surface area contributed by atoms with Gasteiger partial charge < -0.3 is 0 Å². The summed E-state index contributed by atoms with van der Waals surface area (Å²) in [6.45, 7) is 0. The largest absolute Gasteiger partial charge is 0.219 e. The van der Waals surface area contributed by atoms with Crippen LogP contribution in [0.25, 0.3) is 0 Å².